The first-order chi connectivity index (χ1) is 6.80. The second kappa shape index (κ2) is 6.00. The van der Waals surface area contributed by atoms with Gasteiger partial charge in [0.25, 0.3) is 0 Å². The number of nitrogens with zero attached hydrogens (tertiary/aromatic N) is 1. The molecule has 1 unspecified atom stereocenters. The van der Waals surface area contributed by atoms with Gasteiger partial charge >= 0.3 is 0 Å². The third-order valence-corrected chi connectivity index (χ3v) is 2.95. The fourth-order valence-electron chi connectivity index (χ4n) is 1.94. The Balaban J connectivity index is 2.25. The van der Waals surface area contributed by atoms with Crippen molar-refractivity contribution < 1.29 is 4.74 Å². The van der Waals surface area contributed by atoms with E-state index in [-0.39, 0.29) is 6.10 Å². The van der Waals surface area contributed by atoms with Crippen LogP contribution >= 0.6 is 0 Å². The summed E-state index contributed by atoms with van der Waals surface area (Å²) in [5, 5.41) is 12.1. The molecule has 1 fully saturated rings. The molecule has 0 heterocycles. The summed E-state index contributed by atoms with van der Waals surface area (Å²) in [6.07, 6.45) is 5.41. The molecule has 3 heteroatoms. The predicted molar refractivity (Wildman–Crippen MR) is 55.9 cm³/mol. The molecule has 0 bridgehead atoms. The summed E-state index contributed by atoms with van der Waals surface area (Å²) in [7, 11) is 2.01. The Kier molecular flexibility index (Phi) is 4.92. The molecule has 1 aliphatic rings. The zero-order valence-corrected chi connectivity index (χ0v) is 9.12. The Morgan fingerprint density at radius 3 is 2.50 bits per heavy atom. The fourth-order valence-corrected chi connectivity index (χ4v) is 1.94. The van der Waals surface area contributed by atoms with Crippen LogP contribution in [0.5, 0.6) is 0 Å². The lowest BCUT2D eigenvalue weighted by molar-refractivity contribution is -0.00900. The van der Waals surface area contributed by atoms with Gasteiger partial charge in [-0.15, -0.1) is 0 Å². The summed E-state index contributed by atoms with van der Waals surface area (Å²) in [5.41, 5.74) is 0. The Hall–Kier alpha value is -0.590. The fraction of sp³-hybridized carbons (Fsp3) is 0.909. The molecule has 1 saturated carbocycles. The predicted octanol–water partition coefficient (Wildman–Crippen LogP) is 1.84. The highest BCUT2D eigenvalue weighted by Crippen LogP contribution is 2.22. The summed E-state index contributed by atoms with van der Waals surface area (Å²) in [6, 6.07) is 2.84. The van der Waals surface area contributed by atoms with Crippen molar-refractivity contribution in [1.82, 2.24) is 5.32 Å². The zero-order chi connectivity index (χ0) is 10.4. The van der Waals surface area contributed by atoms with Crippen LogP contribution in [0.2, 0.25) is 0 Å². The first-order valence-electron chi connectivity index (χ1n) is 5.52. The smallest absolute Gasteiger partial charge is 0.144 e. The van der Waals surface area contributed by atoms with Crippen molar-refractivity contribution in [3.05, 3.63) is 0 Å². The number of hydrogen-bond acceptors (Lipinski definition) is 3. The van der Waals surface area contributed by atoms with Gasteiger partial charge in [0.1, 0.15) is 6.10 Å². The molecular weight excluding hydrogens is 176 g/mol. The van der Waals surface area contributed by atoms with Crippen molar-refractivity contribution in [1.29, 1.82) is 5.26 Å². The van der Waals surface area contributed by atoms with Crippen molar-refractivity contribution in [2.45, 2.75) is 57.3 Å². The SMILES string of the molecule is CCC(C#N)OC1CCC(NC)CC1. The van der Waals surface area contributed by atoms with Crippen LogP contribution in [-0.4, -0.2) is 25.3 Å². The lowest BCUT2D eigenvalue weighted by Crippen LogP contribution is -2.34. The van der Waals surface area contributed by atoms with Crippen molar-refractivity contribution in [3.63, 3.8) is 0 Å². The van der Waals surface area contributed by atoms with Gasteiger partial charge in [0.2, 0.25) is 0 Å². The monoisotopic (exact) mass is 196 g/mol. The molecule has 0 aromatic heterocycles. The van der Waals surface area contributed by atoms with Crippen molar-refractivity contribution in [3.8, 4) is 6.07 Å². The molecule has 0 saturated heterocycles. The molecule has 0 radical (unpaired) electrons. The second-order valence-electron chi connectivity index (χ2n) is 3.92. The molecule has 0 aromatic carbocycles. The van der Waals surface area contributed by atoms with Crippen LogP contribution in [0.4, 0.5) is 0 Å². The highest BCUT2D eigenvalue weighted by molar-refractivity contribution is 4.85. The van der Waals surface area contributed by atoms with Gasteiger partial charge in [-0.1, -0.05) is 6.92 Å². The van der Waals surface area contributed by atoms with Gasteiger partial charge < -0.3 is 10.1 Å². The van der Waals surface area contributed by atoms with Gasteiger partial charge in [0.05, 0.1) is 12.2 Å². The summed E-state index contributed by atoms with van der Waals surface area (Å²) >= 11 is 0. The molecule has 0 aliphatic heterocycles. The number of rotatable bonds is 4. The molecule has 1 N–H and O–H groups in total. The van der Waals surface area contributed by atoms with Crippen LogP contribution in [0.25, 0.3) is 0 Å². The minimum absolute atomic E-state index is 0.203. The van der Waals surface area contributed by atoms with Gasteiger partial charge in [-0.05, 0) is 39.2 Å². The highest BCUT2D eigenvalue weighted by Gasteiger charge is 2.22. The Labute approximate surface area is 86.4 Å². The quantitative estimate of drug-likeness (QED) is 0.746. The first kappa shape index (κ1) is 11.5. The topological polar surface area (TPSA) is 45.0 Å². The van der Waals surface area contributed by atoms with E-state index in [1.54, 1.807) is 0 Å². The number of nitriles is 1. The summed E-state index contributed by atoms with van der Waals surface area (Å²) in [5.74, 6) is 0. The first-order valence-corrected chi connectivity index (χ1v) is 5.52. The molecular formula is C11H20N2O. The lowest BCUT2D eigenvalue weighted by atomic mass is 9.93. The van der Waals surface area contributed by atoms with Crippen molar-refractivity contribution in [2.24, 2.45) is 0 Å². The lowest BCUT2D eigenvalue weighted by Gasteiger charge is -2.29. The van der Waals surface area contributed by atoms with E-state index in [1.165, 1.54) is 12.8 Å². The van der Waals surface area contributed by atoms with Gasteiger partial charge in [0, 0.05) is 6.04 Å². The van der Waals surface area contributed by atoms with Gasteiger partial charge in [-0.2, -0.15) is 5.26 Å². The number of ether oxygens (including phenoxy) is 1. The molecule has 1 aliphatic carbocycles. The van der Waals surface area contributed by atoms with E-state index in [4.69, 9.17) is 10.00 Å². The van der Waals surface area contributed by atoms with Gasteiger partial charge in [-0.3, -0.25) is 0 Å². The average Bonchev–Trinajstić information content (AvgIpc) is 2.26. The Morgan fingerprint density at radius 2 is 2.07 bits per heavy atom. The van der Waals surface area contributed by atoms with Crippen molar-refractivity contribution >= 4 is 0 Å². The maximum Gasteiger partial charge on any atom is 0.144 e. The third kappa shape index (κ3) is 3.28. The van der Waals surface area contributed by atoms with Crippen LogP contribution in [0.1, 0.15) is 39.0 Å². The summed E-state index contributed by atoms with van der Waals surface area (Å²) in [6.45, 7) is 1.99. The summed E-state index contributed by atoms with van der Waals surface area (Å²) in [4.78, 5) is 0. The van der Waals surface area contributed by atoms with E-state index in [0.717, 1.165) is 19.3 Å². The van der Waals surface area contributed by atoms with Crippen LogP contribution in [0.15, 0.2) is 0 Å². The van der Waals surface area contributed by atoms with Crippen LogP contribution in [0, 0.1) is 11.3 Å². The molecule has 80 valence electrons. The molecule has 0 spiro atoms. The van der Waals surface area contributed by atoms with E-state index in [0.29, 0.717) is 12.1 Å². The van der Waals surface area contributed by atoms with Crippen molar-refractivity contribution in [2.75, 3.05) is 7.05 Å². The average molecular weight is 196 g/mol. The van der Waals surface area contributed by atoms with Crippen LogP contribution < -0.4 is 5.32 Å². The Bertz CT molecular complexity index is 192. The largest absolute Gasteiger partial charge is 0.360 e. The zero-order valence-electron chi connectivity index (χ0n) is 9.12. The summed E-state index contributed by atoms with van der Waals surface area (Å²) < 4.78 is 5.69. The molecule has 0 aromatic rings. The number of hydrogen-bond donors (Lipinski definition) is 1. The van der Waals surface area contributed by atoms with E-state index < -0.39 is 0 Å². The van der Waals surface area contributed by atoms with E-state index in [1.807, 2.05) is 14.0 Å². The standard InChI is InChI=1S/C11H20N2O/c1-3-10(8-12)14-11-6-4-9(13-2)5-7-11/h9-11,13H,3-7H2,1-2H3. The second-order valence-corrected chi connectivity index (χ2v) is 3.92. The number of nitrogens with one attached hydrogen (secondary N) is 1. The molecule has 1 rings (SSSR count). The molecule has 1 atom stereocenters. The van der Waals surface area contributed by atoms with Crippen LogP contribution in [0.3, 0.4) is 0 Å². The molecule has 14 heavy (non-hydrogen) atoms. The third-order valence-electron chi connectivity index (χ3n) is 2.95. The molecule has 0 amide bonds. The highest BCUT2D eigenvalue weighted by atomic mass is 16.5. The maximum absolute atomic E-state index is 8.77. The Morgan fingerprint density at radius 1 is 1.43 bits per heavy atom. The van der Waals surface area contributed by atoms with E-state index in [2.05, 4.69) is 11.4 Å². The minimum Gasteiger partial charge on any atom is -0.360 e. The van der Waals surface area contributed by atoms with E-state index >= 15 is 0 Å². The maximum atomic E-state index is 8.77. The van der Waals surface area contributed by atoms with Crippen LogP contribution in [-0.2, 0) is 4.74 Å². The molecule has 3 nitrogen and oxygen atoms in total. The van der Waals surface area contributed by atoms with Gasteiger partial charge in [0.15, 0.2) is 0 Å². The normalized spacial score (nSPS) is 29.5. The van der Waals surface area contributed by atoms with E-state index in [9.17, 15) is 0 Å². The minimum atomic E-state index is -0.203. The van der Waals surface area contributed by atoms with Gasteiger partial charge in [-0.25, -0.2) is 0 Å².